The van der Waals surface area contributed by atoms with Gasteiger partial charge in [0, 0.05) is 23.6 Å². The van der Waals surface area contributed by atoms with Gasteiger partial charge in [0.2, 0.25) is 0 Å². The zero-order chi connectivity index (χ0) is 27.6. The number of rotatable bonds is 7. The number of ether oxygens (including phenoxy) is 2. The molecule has 0 spiro atoms. The second-order valence-corrected chi connectivity index (χ2v) is 9.47. The number of esters is 1. The van der Waals surface area contributed by atoms with Gasteiger partial charge in [0.25, 0.3) is 11.7 Å². The van der Waals surface area contributed by atoms with Crippen LogP contribution in [0.1, 0.15) is 47.7 Å². The first-order valence-corrected chi connectivity index (χ1v) is 12.3. The molecule has 196 valence electrons. The summed E-state index contributed by atoms with van der Waals surface area (Å²) in [4.78, 5) is 44.4. The van der Waals surface area contributed by atoms with Crippen LogP contribution in [0.3, 0.4) is 0 Å². The van der Waals surface area contributed by atoms with Crippen molar-refractivity contribution in [3.8, 4) is 5.75 Å². The van der Waals surface area contributed by atoms with Crippen molar-refractivity contribution in [3.05, 3.63) is 94.3 Å². The lowest BCUT2D eigenvalue weighted by atomic mass is 9.93. The first kappa shape index (κ1) is 26.6. The molecule has 38 heavy (non-hydrogen) atoms. The maximum Gasteiger partial charge on any atom is 0.310 e. The van der Waals surface area contributed by atoms with Crippen molar-refractivity contribution in [2.45, 2.75) is 46.3 Å². The van der Waals surface area contributed by atoms with Crippen LogP contribution in [0.5, 0.6) is 5.75 Å². The number of anilines is 1. The number of nitrogens with zero attached hydrogens (tertiary/aromatic N) is 2. The fourth-order valence-electron chi connectivity index (χ4n) is 4.61. The third kappa shape index (κ3) is 5.16. The zero-order valence-corrected chi connectivity index (χ0v) is 22.0. The lowest BCUT2D eigenvalue weighted by Crippen LogP contribution is -2.29. The minimum atomic E-state index is -0.901. The van der Waals surface area contributed by atoms with Gasteiger partial charge in [-0.05, 0) is 80.3 Å². The van der Waals surface area contributed by atoms with E-state index in [0.29, 0.717) is 33.7 Å². The van der Waals surface area contributed by atoms with Crippen LogP contribution in [0.15, 0.2) is 66.5 Å². The molecule has 2 aromatic carbocycles. The second-order valence-electron chi connectivity index (χ2n) is 9.47. The molecule has 1 fully saturated rings. The van der Waals surface area contributed by atoms with Crippen molar-refractivity contribution in [3.63, 3.8) is 0 Å². The predicted molar refractivity (Wildman–Crippen MR) is 143 cm³/mol. The molecule has 1 amide bonds. The Labute approximate surface area is 221 Å². The molecule has 1 aliphatic heterocycles. The van der Waals surface area contributed by atoms with E-state index in [-0.39, 0.29) is 29.8 Å². The fourth-order valence-corrected chi connectivity index (χ4v) is 4.61. The number of carbonyl (C=O) groups excluding carboxylic acids is 3. The number of aliphatic hydroxyl groups excluding tert-OH is 1. The van der Waals surface area contributed by atoms with E-state index in [1.807, 2.05) is 6.92 Å². The fraction of sp³-hybridized carbons (Fsp3) is 0.267. The molecular formula is C30H30N2O6. The van der Waals surface area contributed by atoms with Crippen molar-refractivity contribution in [2.24, 2.45) is 0 Å². The van der Waals surface area contributed by atoms with Crippen LogP contribution in [0, 0.1) is 13.8 Å². The van der Waals surface area contributed by atoms with E-state index in [2.05, 4.69) is 4.98 Å². The van der Waals surface area contributed by atoms with Gasteiger partial charge >= 0.3 is 5.97 Å². The average molecular weight is 515 g/mol. The lowest BCUT2D eigenvalue weighted by Gasteiger charge is -2.25. The summed E-state index contributed by atoms with van der Waals surface area (Å²) >= 11 is 0. The van der Waals surface area contributed by atoms with Gasteiger partial charge < -0.3 is 14.6 Å². The Morgan fingerprint density at radius 3 is 2.39 bits per heavy atom. The van der Waals surface area contributed by atoms with Gasteiger partial charge in [-0.25, -0.2) is 0 Å². The highest BCUT2D eigenvalue weighted by molar-refractivity contribution is 6.51. The normalized spacial score (nSPS) is 16.7. The molecule has 8 heteroatoms. The molecule has 8 nitrogen and oxygen atoms in total. The average Bonchev–Trinajstić information content (AvgIpc) is 3.15. The van der Waals surface area contributed by atoms with Crippen molar-refractivity contribution in [1.82, 2.24) is 4.98 Å². The minimum absolute atomic E-state index is 0.0275. The summed E-state index contributed by atoms with van der Waals surface area (Å²) in [5, 5.41) is 11.5. The van der Waals surface area contributed by atoms with Gasteiger partial charge in [-0.2, -0.15) is 0 Å². The maximum absolute atomic E-state index is 13.4. The van der Waals surface area contributed by atoms with Crippen molar-refractivity contribution in [1.29, 1.82) is 0 Å². The first-order chi connectivity index (χ1) is 18.1. The molecule has 0 radical (unpaired) electrons. The highest BCUT2D eigenvalue weighted by atomic mass is 16.5. The SMILES string of the molecule is COc1cc(C)c(/C(O)=C2\C(=O)C(=O)N(c3ccc(CC(=O)OC(C)C)cc3)C2c2cccnc2)cc1C. The Bertz CT molecular complexity index is 1410. The second kappa shape index (κ2) is 10.9. The minimum Gasteiger partial charge on any atom is -0.507 e. The van der Waals surface area contributed by atoms with Crippen molar-refractivity contribution < 1.29 is 29.0 Å². The largest absolute Gasteiger partial charge is 0.507 e. The van der Waals surface area contributed by atoms with Gasteiger partial charge in [-0.15, -0.1) is 0 Å². The highest BCUT2D eigenvalue weighted by Gasteiger charge is 2.47. The number of carbonyl (C=O) groups is 3. The van der Waals surface area contributed by atoms with Crippen LogP contribution >= 0.6 is 0 Å². The molecule has 1 unspecified atom stereocenters. The molecule has 2 heterocycles. The summed E-state index contributed by atoms with van der Waals surface area (Å²) < 4.78 is 10.6. The summed E-state index contributed by atoms with van der Waals surface area (Å²) in [5.41, 5.74) is 3.61. The summed E-state index contributed by atoms with van der Waals surface area (Å²) in [6.07, 6.45) is 3.03. The van der Waals surface area contributed by atoms with E-state index in [1.165, 1.54) is 4.90 Å². The monoisotopic (exact) mass is 514 g/mol. The van der Waals surface area contributed by atoms with E-state index >= 15 is 0 Å². The van der Waals surface area contributed by atoms with Gasteiger partial charge in [-0.3, -0.25) is 24.3 Å². The Morgan fingerprint density at radius 1 is 1.08 bits per heavy atom. The van der Waals surface area contributed by atoms with Crippen LogP contribution in [0.2, 0.25) is 0 Å². The standard InChI is InChI=1S/C30H30N2O6/c1-17(2)38-25(33)15-20-8-10-22(11-9-20)32-27(21-7-6-12-31-16-21)26(29(35)30(32)36)28(34)23-13-19(4)24(37-5)14-18(23)3/h6-14,16-17,27,34H,15H2,1-5H3/b28-26+. The quantitative estimate of drug-likeness (QED) is 0.208. The van der Waals surface area contributed by atoms with E-state index in [9.17, 15) is 19.5 Å². The van der Waals surface area contributed by atoms with Crippen LogP contribution in [0.4, 0.5) is 5.69 Å². The Kier molecular flexibility index (Phi) is 7.62. The third-order valence-electron chi connectivity index (χ3n) is 6.37. The number of pyridine rings is 1. The number of aryl methyl sites for hydroxylation is 2. The smallest absolute Gasteiger partial charge is 0.310 e. The van der Waals surface area contributed by atoms with E-state index < -0.39 is 17.7 Å². The molecular weight excluding hydrogens is 484 g/mol. The number of aromatic nitrogens is 1. The summed E-state index contributed by atoms with van der Waals surface area (Å²) in [6, 6.07) is 12.9. The number of ketones is 1. The third-order valence-corrected chi connectivity index (χ3v) is 6.37. The molecule has 1 aromatic heterocycles. The Balaban J connectivity index is 1.80. The number of aliphatic hydroxyl groups is 1. The molecule has 3 aromatic rings. The Morgan fingerprint density at radius 2 is 1.79 bits per heavy atom. The number of amides is 1. The summed E-state index contributed by atoms with van der Waals surface area (Å²) in [6.45, 7) is 7.20. The van der Waals surface area contributed by atoms with Gasteiger partial charge in [0.05, 0.1) is 31.2 Å². The van der Waals surface area contributed by atoms with Gasteiger partial charge in [0.1, 0.15) is 11.5 Å². The summed E-state index contributed by atoms with van der Waals surface area (Å²) in [7, 11) is 1.56. The predicted octanol–water partition coefficient (Wildman–Crippen LogP) is 4.83. The number of Topliss-reactive ketones (excluding diaryl/α,β-unsaturated/α-hetero) is 1. The lowest BCUT2D eigenvalue weighted by molar-refractivity contribution is -0.146. The summed E-state index contributed by atoms with van der Waals surface area (Å²) in [5.74, 6) is -1.53. The molecule has 0 bridgehead atoms. The van der Waals surface area contributed by atoms with Crippen molar-refractivity contribution in [2.75, 3.05) is 12.0 Å². The molecule has 1 N–H and O–H groups in total. The van der Waals surface area contributed by atoms with Crippen molar-refractivity contribution >= 4 is 29.1 Å². The van der Waals surface area contributed by atoms with E-state index in [0.717, 1.165) is 5.56 Å². The molecule has 4 rings (SSSR count). The molecule has 1 saturated heterocycles. The molecule has 1 aliphatic rings. The first-order valence-electron chi connectivity index (χ1n) is 12.3. The molecule has 0 aliphatic carbocycles. The maximum atomic E-state index is 13.4. The molecule has 1 atom stereocenters. The zero-order valence-electron chi connectivity index (χ0n) is 22.0. The van der Waals surface area contributed by atoms with Crippen LogP contribution in [0.25, 0.3) is 5.76 Å². The molecule has 0 saturated carbocycles. The van der Waals surface area contributed by atoms with Crippen LogP contribution in [-0.2, 0) is 25.5 Å². The van der Waals surface area contributed by atoms with Gasteiger partial charge in [0.15, 0.2) is 0 Å². The number of benzene rings is 2. The Hall–Kier alpha value is -4.46. The van der Waals surface area contributed by atoms with Crippen LogP contribution < -0.4 is 9.64 Å². The van der Waals surface area contributed by atoms with E-state index in [4.69, 9.17) is 9.47 Å². The number of methoxy groups -OCH3 is 1. The van der Waals surface area contributed by atoms with Gasteiger partial charge in [-0.1, -0.05) is 18.2 Å². The van der Waals surface area contributed by atoms with E-state index in [1.54, 1.807) is 88.8 Å². The number of hydrogen-bond acceptors (Lipinski definition) is 7. The number of hydrogen-bond donors (Lipinski definition) is 1. The highest BCUT2D eigenvalue weighted by Crippen LogP contribution is 2.42. The topological polar surface area (TPSA) is 106 Å². The van der Waals surface area contributed by atoms with Crippen LogP contribution in [-0.4, -0.2) is 41.0 Å².